The van der Waals surface area contributed by atoms with Gasteiger partial charge in [0.2, 0.25) is 11.7 Å². The maximum absolute atomic E-state index is 13.5. The summed E-state index contributed by atoms with van der Waals surface area (Å²) in [5.74, 6) is 0.948. The number of aryl methyl sites for hydroxylation is 2. The van der Waals surface area contributed by atoms with Gasteiger partial charge in [-0.2, -0.15) is 0 Å². The van der Waals surface area contributed by atoms with Crippen molar-refractivity contribution in [3.63, 3.8) is 0 Å². The molecule has 166 valence electrons. The standard InChI is InChI=1S/C24H27N5O2S/c1-14(2)17(5)25-21(30)13-32-24-27-26-23-28(20-12-15(3)10-11-16(20)4)22(31)18-8-6-7-9-19(18)29(23)24/h6-12,14,17H,13H2,1-5H3,(H,25,30). The monoisotopic (exact) mass is 449 g/mol. The molecule has 1 amide bonds. The van der Waals surface area contributed by atoms with Crippen LogP contribution in [-0.4, -0.2) is 36.9 Å². The summed E-state index contributed by atoms with van der Waals surface area (Å²) >= 11 is 1.31. The van der Waals surface area contributed by atoms with E-state index in [9.17, 15) is 9.59 Å². The quantitative estimate of drug-likeness (QED) is 0.452. The van der Waals surface area contributed by atoms with Crippen LogP contribution in [0.5, 0.6) is 0 Å². The molecule has 7 nitrogen and oxygen atoms in total. The molecule has 4 rings (SSSR count). The second-order valence-corrected chi connectivity index (χ2v) is 9.40. The fraction of sp³-hybridized carbons (Fsp3) is 0.333. The first-order valence-electron chi connectivity index (χ1n) is 10.7. The number of amides is 1. The van der Waals surface area contributed by atoms with E-state index in [1.807, 2.05) is 67.6 Å². The van der Waals surface area contributed by atoms with E-state index in [2.05, 4.69) is 29.4 Å². The van der Waals surface area contributed by atoms with E-state index in [1.165, 1.54) is 11.8 Å². The molecule has 0 radical (unpaired) electrons. The van der Waals surface area contributed by atoms with E-state index < -0.39 is 0 Å². The number of fused-ring (bicyclic) bond motifs is 3. The van der Waals surface area contributed by atoms with Crippen molar-refractivity contribution in [1.29, 1.82) is 0 Å². The van der Waals surface area contributed by atoms with Crippen molar-refractivity contribution in [3.05, 3.63) is 63.9 Å². The maximum atomic E-state index is 13.5. The lowest BCUT2D eigenvalue weighted by atomic mass is 10.1. The van der Waals surface area contributed by atoms with Gasteiger partial charge in [0.15, 0.2) is 5.16 Å². The lowest BCUT2D eigenvalue weighted by Crippen LogP contribution is -2.37. The molecular weight excluding hydrogens is 422 g/mol. The Hall–Kier alpha value is -3.13. The molecule has 8 heteroatoms. The molecule has 0 aliphatic carbocycles. The third-order valence-corrected chi connectivity index (χ3v) is 6.65. The molecule has 32 heavy (non-hydrogen) atoms. The van der Waals surface area contributed by atoms with Gasteiger partial charge in [-0.25, -0.2) is 4.57 Å². The third kappa shape index (κ3) is 4.02. The van der Waals surface area contributed by atoms with E-state index in [-0.39, 0.29) is 23.3 Å². The highest BCUT2D eigenvalue weighted by molar-refractivity contribution is 7.99. The first kappa shape index (κ1) is 22.1. The average molecular weight is 450 g/mol. The van der Waals surface area contributed by atoms with Crippen molar-refractivity contribution in [2.45, 2.75) is 45.8 Å². The van der Waals surface area contributed by atoms with E-state index in [0.717, 1.165) is 22.3 Å². The van der Waals surface area contributed by atoms with Crippen LogP contribution in [0.3, 0.4) is 0 Å². The number of hydrogen-bond acceptors (Lipinski definition) is 5. The Morgan fingerprint density at radius 1 is 1.09 bits per heavy atom. The molecule has 4 aromatic rings. The van der Waals surface area contributed by atoms with E-state index in [4.69, 9.17) is 0 Å². The van der Waals surface area contributed by atoms with E-state index in [0.29, 0.717) is 22.2 Å². The number of rotatable bonds is 6. The molecule has 0 aliphatic heterocycles. The normalized spacial score (nSPS) is 12.6. The van der Waals surface area contributed by atoms with Gasteiger partial charge in [-0.1, -0.05) is 49.9 Å². The molecule has 0 fully saturated rings. The molecule has 2 aromatic heterocycles. The summed E-state index contributed by atoms with van der Waals surface area (Å²) in [5.41, 5.74) is 3.37. The molecule has 2 heterocycles. The summed E-state index contributed by atoms with van der Waals surface area (Å²) in [6, 6.07) is 13.5. The van der Waals surface area contributed by atoms with Gasteiger partial charge in [-0.3, -0.25) is 14.0 Å². The van der Waals surface area contributed by atoms with Gasteiger partial charge in [0, 0.05) is 6.04 Å². The molecule has 0 aliphatic rings. The summed E-state index contributed by atoms with van der Waals surface area (Å²) in [4.78, 5) is 25.9. The predicted molar refractivity (Wildman–Crippen MR) is 129 cm³/mol. The van der Waals surface area contributed by atoms with Crippen LogP contribution >= 0.6 is 11.8 Å². The number of nitrogens with zero attached hydrogens (tertiary/aromatic N) is 4. The van der Waals surface area contributed by atoms with E-state index in [1.54, 1.807) is 4.57 Å². The highest BCUT2D eigenvalue weighted by Crippen LogP contribution is 2.24. The Kier molecular flexibility index (Phi) is 6.06. The topological polar surface area (TPSA) is 81.3 Å². The smallest absolute Gasteiger partial charge is 0.267 e. The molecule has 1 N–H and O–H groups in total. The minimum absolute atomic E-state index is 0.0555. The van der Waals surface area contributed by atoms with Crippen LogP contribution in [0.1, 0.15) is 31.9 Å². The number of carbonyl (C=O) groups excluding carboxylic acids is 1. The number of hydrogen-bond donors (Lipinski definition) is 1. The first-order chi connectivity index (χ1) is 15.3. The number of aromatic nitrogens is 4. The summed E-state index contributed by atoms with van der Waals surface area (Å²) < 4.78 is 3.48. The third-order valence-electron chi connectivity index (χ3n) is 5.72. The van der Waals surface area contributed by atoms with Crippen molar-refractivity contribution in [2.24, 2.45) is 5.92 Å². The number of carbonyl (C=O) groups is 1. The van der Waals surface area contributed by atoms with Crippen molar-refractivity contribution in [2.75, 3.05) is 5.75 Å². The predicted octanol–water partition coefficient (Wildman–Crippen LogP) is 3.90. The summed E-state index contributed by atoms with van der Waals surface area (Å²) in [5, 5.41) is 12.9. The summed E-state index contributed by atoms with van der Waals surface area (Å²) in [6.07, 6.45) is 0. The van der Waals surface area contributed by atoms with Crippen LogP contribution in [-0.2, 0) is 4.79 Å². The lowest BCUT2D eigenvalue weighted by Gasteiger charge is -2.17. The molecule has 0 saturated carbocycles. The van der Waals surface area contributed by atoms with Gasteiger partial charge in [-0.05, 0) is 56.0 Å². The number of benzene rings is 2. The largest absolute Gasteiger partial charge is 0.353 e. The Labute approximate surface area is 190 Å². The van der Waals surface area contributed by atoms with Crippen molar-refractivity contribution < 1.29 is 4.79 Å². The molecule has 1 unspecified atom stereocenters. The SMILES string of the molecule is Cc1ccc(C)c(-n2c(=O)c3ccccc3n3c(SCC(=O)NC(C)C(C)C)nnc23)c1. The Morgan fingerprint density at radius 2 is 1.84 bits per heavy atom. The Morgan fingerprint density at radius 3 is 2.59 bits per heavy atom. The number of nitrogens with one attached hydrogen (secondary N) is 1. The summed E-state index contributed by atoms with van der Waals surface area (Å²) in [7, 11) is 0. The highest BCUT2D eigenvalue weighted by Gasteiger charge is 2.20. The second-order valence-electron chi connectivity index (χ2n) is 8.45. The zero-order valence-electron chi connectivity index (χ0n) is 18.9. The highest BCUT2D eigenvalue weighted by atomic mass is 32.2. The van der Waals surface area contributed by atoms with Gasteiger partial charge >= 0.3 is 0 Å². The van der Waals surface area contributed by atoms with E-state index >= 15 is 0 Å². The zero-order chi connectivity index (χ0) is 23.0. The zero-order valence-corrected chi connectivity index (χ0v) is 19.7. The van der Waals surface area contributed by atoms with Crippen LogP contribution < -0.4 is 10.9 Å². The van der Waals surface area contributed by atoms with Crippen molar-refractivity contribution in [3.8, 4) is 5.69 Å². The second kappa shape index (κ2) is 8.78. The van der Waals surface area contributed by atoms with Gasteiger partial charge in [0.05, 0.1) is 22.3 Å². The number of para-hydroxylation sites is 1. The van der Waals surface area contributed by atoms with Gasteiger partial charge in [0.25, 0.3) is 5.56 Å². The van der Waals surface area contributed by atoms with Crippen molar-refractivity contribution in [1.82, 2.24) is 24.5 Å². The van der Waals surface area contributed by atoms with Crippen LogP contribution in [0.25, 0.3) is 22.4 Å². The lowest BCUT2D eigenvalue weighted by molar-refractivity contribution is -0.119. The molecule has 0 saturated heterocycles. The summed E-state index contributed by atoms with van der Waals surface area (Å²) in [6.45, 7) is 10.1. The molecule has 0 spiro atoms. The van der Waals surface area contributed by atoms with Crippen LogP contribution in [0.2, 0.25) is 0 Å². The Balaban J connectivity index is 1.84. The van der Waals surface area contributed by atoms with Crippen molar-refractivity contribution >= 4 is 34.3 Å². The molecule has 1 atom stereocenters. The van der Waals surface area contributed by atoms with Crippen LogP contribution in [0.15, 0.2) is 52.4 Å². The Bertz CT molecular complexity index is 1370. The molecule has 0 bridgehead atoms. The minimum Gasteiger partial charge on any atom is -0.353 e. The average Bonchev–Trinajstić information content (AvgIpc) is 3.18. The molecule has 2 aromatic carbocycles. The van der Waals surface area contributed by atoms with Crippen LogP contribution in [0.4, 0.5) is 0 Å². The molecular formula is C24H27N5O2S. The van der Waals surface area contributed by atoms with Gasteiger partial charge in [-0.15, -0.1) is 10.2 Å². The maximum Gasteiger partial charge on any atom is 0.267 e. The number of thioether (sulfide) groups is 1. The minimum atomic E-state index is -0.144. The first-order valence-corrected chi connectivity index (χ1v) is 11.6. The fourth-order valence-corrected chi connectivity index (χ4v) is 4.29. The van der Waals surface area contributed by atoms with Gasteiger partial charge < -0.3 is 5.32 Å². The fourth-order valence-electron chi connectivity index (χ4n) is 3.54. The van der Waals surface area contributed by atoms with Gasteiger partial charge in [0.1, 0.15) is 0 Å². The van der Waals surface area contributed by atoms with Crippen LogP contribution in [0, 0.1) is 19.8 Å².